The zero-order valence-electron chi connectivity index (χ0n) is 11.4. The van der Waals surface area contributed by atoms with Crippen molar-refractivity contribution in [1.29, 1.82) is 0 Å². The predicted molar refractivity (Wildman–Crippen MR) is 76.1 cm³/mol. The number of nitrogens with one attached hydrogen (secondary N) is 1. The summed E-state index contributed by atoms with van der Waals surface area (Å²) in [5, 5.41) is 10.9. The van der Waals surface area contributed by atoms with Gasteiger partial charge < -0.3 is 5.73 Å². The van der Waals surface area contributed by atoms with Gasteiger partial charge in [-0.15, -0.1) is 0 Å². The normalized spacial score (nSPS) is 31.5. The molecular formula is C13H17N3O4S. The molecule has 21 heavy (non-hydrogen) atoms. The number of sulfonamides is 1. The van der Waals surface area contributed by atoms with E-state index < -0.39 is 20.6 Å². The Morgan fingerprint density at radius 2 is 1.86 bits per heavy atom. The Morgan fingerprint density at radius 1 is 1.24 bits per heavy atom. The van der Waals surface area contributed by atoms with E-state index in [0.29, 0.717) is 0 Å². The Kier molecular flexibility index (Phi) is 3.27. The largest absolute Gasteiger partial charge is 0.328 e. The third-order valence-electron chi connectivity index (χ3n) is 4.42. The monoisotopic (exact) mass is 311 g/mol. The van der Waals surface area contributed by atoms with Gasteiger partial charge in [-0.1, -0.05) is 12.1 Å². The second kappa shape index (κ2) is 4.75. The van der Waals surface area contributed by atoms with Crippen molar-refractivity contribution < 1.29 is 13.3 Å². The van der Waals surface area contributed by atoms with Crippen LogP contribution in [-0.2, 0) is 10.0 Å². The van der Waals surface area contributed by atoms with Gasteiger partial charge in [-0.2, -0.15) is 0 Å². The molecule has 1 spiro atoms. The molecule has 0 heterocycles. The van der Waals surface area contributed by atoms with Gasteiger partial charge in [0.05, 0.1) is 4.92 Å². The number of hydrogen-bond donors (Lipinski definition) is 2. The van der Waals surface area contributed by atoms with Gasteiger partial charge in [-0.05, 0) is 37.2 Å². The molecule has 0 atom stereocenters. The summed E-state index contributed by atoms with van der Waals surface area (Å²) in [5.74, 6) is 0. The summed E-state index contributed by atoms with van der Waals surface area (Å²) < 4.78 is 27.2. The predicted octanol–water partition coefficient (Wildman–Crippen LogP) is 1.14. The summed E-state index contributed by atoms with van der Waals surface area (Å²) in [5.41, 5.74) is 5.57. The number of benzene rings is 1. The third-order valence-corrected chi connectivity index (χ3v) is 5.99. The first-order chi connectivity index (χ1) is 9.81. The van der Waals surface area contributed by atoms with Crippen molar-refractivity contribution in [1.82, 2.24) is 4.72 Å². The highest BCUT2D eigenvalue weighted by Crippen LogP contribution is 2.55. The lowest BCUT2D eigenvalue weighted by Gasteiger charge is -2.56. The van der Waals surface area contributed by atoms with E-state index in [0.717, 1.165) is 25.7 Å². The molecule has 1 aromatic rings. The summed E-state index contributed by atoms with van der Waals surface area (Å²) in [6, 6.07) is 5.47. The average Bonchev–Trinajstić information content (AvgIpc) is 2.34. The number of nitro groups is 1. The van der Waals surface area contributed by atoms with E-state index in [1.54, 1.807) is 0 Å². The Balaban J connectivity index is 1.72. The van der Waals surface area contributed by atoms with Crippen LogP contribution >= 0.6 is 0 Å². The quantitative estimate of drug-likeness (QED) is 0.639. The fourth-order valence-electron chi connectivity index (χ4n) is 3.57. The molecule has 0 aliphatic heterocycles. The van der Waals surface area contributed by atoms with Gasteiger partial charge in [0, 0.05) is 18.2 Å². The number of nitrogens with zero attached hydrogens (tertiary/aromatic N) is 1. The summed E-state index contributed by atoms with van der Waals surface area (Å²) >= 11 is 0. The van der Waals surface area contributed by atoms with E-state index in [9.17, 15) is 18.5 Å². The Bertz CT molecular complexity index is 674. The van der Waals surface area contributed by atoms with Crippen LogP contribution in [0.25, 0.3) is 0 Å². The number of nitrogens with two attached hydrogens (primary N) is 1. The maximum absolute atomic E-state index is 12.3. The lowest BCUT2D eigenvalue weighted by molar-refractivity contribution is -0.387. The van der Waals surface area contributed by atoms with E-state index in [4.69, 9.17) is 5.73 Å². The molecule has 2 saturated carbocycles. The average molecular weight is 311 g/mol. The van der Waals surface area contributed by atoms with Crippen LogP contribution in [-0.4, -0.2) is 25.4 Å². The Labute approximate surface area is 122 Å². The molecule has 2 aliphatic rings. The van der Waals surface area contributed by atoms with Crippen LogP contribution in [0.3, 0.4) is 0 Å². The van der Waals surface area contributed by atoms with Crippen LogP contribution in [0.5, 0.6) is 0 Å². The van der Waals surface area contributed by atoms with Gasteiger partial charge in [0.1, 0.15) is 0 Å². The number of rotatable bonds is 4. The molecule has 1 aromatic carbocycles. The number of para-hydroxylation sites is 1. The van der Waals surface area contributed by atoms with Crippen molar-refractivity contribution in [3.63, 3.8) is 0 Å². The van der Waals surface area contributed by atoms with Crippen molar-refractivity contribution in [3.8, 4) is 0 Å². The van der Waals surface area contributed by atoms with Crippen LogP contribution < -0.4 is 10.5 Å². The minimum absolute atomic E-state index is 0.151. The summed E-state index contributed by atoms with van der Waals surface area (Å²) in [6.45, 7) is 0. The highest BCUT2D eigenvalue weighted by Gasteiger charge is 2.52. The first-order valence-electron chi connectivity index (χ1n) is 6.83. The van der Waals surface area contributed by atoms with Crippen molar-refractivity contribution >= 4 is 15.7 Å². The third kappa shape index (κ3) is 2.54. The second-order valence-electron chi connectivity index (χ2n) is 6.12. The zero-order chi connectivity index (χ0) is 15.3. The SMILES string of the molecule is NC1CC2(C1)CC(NS(=O)(=O)c1ccccc1[N+](=O)[O-])C2. The minimum Gasteiger partial charge on any atom is -0.328 e. The summed E-state index contributed by atoms with van der Waals surface area (Å²) in [4.78, 5) is 9.98. The lowest BCUT2D eigenvalue weighted by Crippen LogP contribution is -2.59. The van der Waals surface area contributed by atoms with Crippen LogP contribution in [0, 0.1) is 15.5 Å². The smallest absolute Gasteiger partial charge is 0.289 e. The van der Waals surface area contributed by atoms with Crippen molar-refractivity contribution in [2.75, 3.05) is 0 Å². The molecule has 3 N–H and O–H groups in total. The first kappa shape index (κ1) is 14.4. The van der Waals surface area contributed by atoms with Gasteiger partial charge in [0.25, 0.3) is 5.69 Å². The molecule has 0 amide bonds. The van der Waals surface area contributed by atoms with Crippen LogP contribution in [0.4, 0.5) is 5.69 Å². The van der Waals surface area contributed by atoms with Crippen LogP contribution in [0.2, 0.25) is 0 Å². The maximum atomic E-state index is 12.3. The van der Waals surface area contributed by atoms with Gasteiger partial charge in [0.15, 0.2) is 4.90 Å². The van der Waals surface area contributed by atoms with Gasteiger partial charge in [-0.25, -0.2) is 13.1 Å². The van der Waals surface area contributed by atoms with Crippen molar-refractivity contribution in [3.05, 3.63) is 34.4 Å². The Morgan fingerprint density at radius 3 is 2.43 bits per heavy atom. The van der Waals surface area contributed by atoms with E-state index in [2.05, 4.69) is 4.72 Å². The van der Waals surface area contributed by atoms with E-state index in [1.807, 2.05) is 0 Å². The van der Waals surface area contributed by atoms with Crippen molar-refractivity contribution in [2.24, 2.45) is 11.1 Å². The lowest BCUT2D eigenvalue weighted by atomic mass is 9.52. The molecule has 114 valence electrons. The summed E-state index contributed by atoms with van der Waals surface area (Å²) in [7, 11) is -3.87. The molecule has 2 fully saturated rings. The summed E-state index contributed by atoms with van der Waals surface area (Å²) in [6.07, 6.45) is 3.41. The van der Waals surface area contributed by atoms with Crippen LogP contribution in [0.1, 0.15) is 25.7 Å². The number of nitro benzene ring substituents is 1. The molecular weight excluding hydrogens is 294 g/mol. The highest BCUT2D eigenvalue weighted by molar-refractivity contribution is 7.89. The van der Waals surface area contributed by atoms with E-state index in [1.165, 1.54) is 24.3 Å². The topological polar surface area (TPSA) is 115 Å². The molecule has 3 rings (SSSR count). The molecule has 0 unspecified atom stereocenters. The minimum atomic E-state index is -3.87. The van der Waals surface area contributed by atoms with E-state index in [-0.39, 0.29) is 22.4 Å². The molecule has 0 saturated heterocycles. The van der Waals surface area contributed by atoms with Gasteiger partial charge in [-0.3, -0.25) is 10.1 Å². The zero-order valence-corrected chi connectivity index (χ0v) is 12.2. The molecule has 2 aliphatic carbocycles. The fraction of sp³-hybridized carbons (Fsp3) is 0.538. The molecule has 0 radical (unpaired) electrons. The molecule has 7 nitrogen and oxygen atoms in total. The maximum Gasteiger partial charge on any atom is 0.289 e. The second-order valence-corrected chi connectivity index (χ2v) is 7.80. The Hall–Kier alpha value is -1.51. The standard InChI is InChI=1S/C13H17N3O4S/c14-9-5-13(6-9)7-10(8-13)15-21(19,20)12-4-2-1-3-11(12)16(17)18/h1-4,9-10,15H,5-8,14H2. The molecule has 8 heteroatoms. The number of hydrogen-bond acceptors (Lipinski definition) is 5. The first-order valence-corrected chi connectivity index (χ1v) is 8.31. The van der Waals surface area contributed by atoms with Gasteiger partial charge in [0.2, 0.25) is 10.0 Å². The molecule has 0 aromatic heterocycles. The molecule has 0 bridgehead atoms. The van der Waals surface area contributed by atoms with Crippen LogP contribution in [0.15, 0.2) is 29.2 Å². The van der Waals surface area contributed by atoms with Gasteiger partial charge >= 0.3 is 0 Å². The van der Waals surface area contributed by atoms with E-state index >= 15 is 0 Å². The van der Waals surface area contributed by atoms with Crippen molar-refractivity contribution in [2.45, 2.75) is 42.7 Å². The highest BCUT2D eigenvalue weighted by atomic mass is 32.2. The fourth-order valence-corrected chi connectivity index (χ4v) is 4.98.